The van der Waals surface area contributed by atoms with Crippen LogP contribution in [0.25, 0.3) is 0 Å². The number of hydrogen-bond acceptors (Lipinski definition) is 1. The molecule has 0 aliphatic carbocycles. The Morgan fingerprint density at radius 2 is 1.93 bits per heavy atom. The van der Waals surface area contributed by atoms with E-state index in [4.69, 9.17) is 5.41 Å². The van der Waals surface area contributed by atoms with Gasteiger partial charge in [-0.1, -0.05) is 41.0 Å². The largest absolute Gasteiger partial charge is 0.305 e. The van der Waals surface area contributed by atoms with E-state index in [9.17, 15) is 0 Å². The van der Waals surface area contributed by atoms with Crippen LogP contribution in [0.1, 0.15) is 53.9 Å². The van der Waals surface area contributed by atoms with Crippen molar-refractivity contribution in [2.45, 2.75) is 59.9 Å². The second-order valence-electron chi connectivity index (χ2n) is 5.74. The lowest BCUT2D eigenvalue weighted by Crippen LogP contribution is -2.42. The summed E-state index contributed by atoms with van der Waals surface area (Å²) in [7, 11) is 0. The summed E-state index contributed by atoms with van der Waals surface area (Å²) in [6.07, 6.45) is 5.44. The molecule has 0 aliphatic heterocycles. The predicted octanol–water partition coefficient (Wildman–Crippen LogP) is 1.65. The summed E-state index contributed by atoms with van der Waals surface area (Å²) in [6.45, 7) is 12.3. The van der Waals surface area contributed by atoms with Crippen LogP contribution >= 0.6 is 0 Å². The van der Waals surface area contributed by atoms with Crippen LogP contribution < -0.4 is 10.7 Å². The van der Waals surface area contributed by atoms with Crippen molar-refractivity contribution >= 4 is 6.21 Å². The van der Waals surface area contributed by atoms with Crippen LogP contribution in [0.5, 0.6) is 0 Å². The molecule has 3 N–H and O–H groups in total. The Balaban J connectivity index is 4.06. The summed E-state index contributed by atoms with van der Waals surface area (Å²) in [6, 6.07) is 0.606. The summed E-state index contributed by atoms with van der Waals surface area (Å²) >= 11 is 0. The molecule has 2 atom stereocenters. The molecule has 0 aliphatic rings. The van der Waals surface area contributed by atoms with Gasteiger partial charge in [0.05, 0.1) is 6.54 Å². The van der Waals surface area contributed by atoms with Crippen LogP contribution in [0, 0.1) is 11.3 Å². The zero-order valence-corrected chi connectivity index (χ0v) is 11.1. The monoisotopic (exact) mass is 213 g/mol. The summed E-state index contributed by atoms with van der Waals surface area (Å²) in [5, 5.41) is 8.92. The number of rotatable bonds is 7. The summed E-state index contributed by atoms with van der Waals surface area (Å²) in [5.74, 6) is 0.729. The lowest BCUT2D eigenvalue weighted by atomic mass is 9.85. The van der Waals surface area contributed by atoms with Gasteiger partial charge in [-0.3, -0.25) is 5.41 Å². The van der Waals surface area contributed by atoms with Crippen molar-refractivity contribution in [1.29, 1.82) is 0 Å². The molecule has 0 rings (SSSR count). The van der Waals surface area contributed by atoms with Crippen molar-refractivity contribution in [3.05, 3.63) is 0 Å². The molecule has 0 spiro atoms. The van der Waals surface area contributed by atoms with Gasteiger partial charge in [0.2, 0.25) is 0 Å². The third kappa shape index (κ3) is 7.55. The Labute approximate surface area is 95.4 Å². The molecule has 0 bridgehead atoms. The Morgan fingerprint density at radius 3 is 2.33 bits per heavy atom. The molecule has 15 heavy (non-hydrogen) atoms. The highest BCUT2D eigenvalue weighted by atomic mass is 14.9. The minimum atomic E-state index is 0.430. The maximum absolute atomic E-state index is 5.41. The zero-order chi connectivity index (χ0) is 11.9. The first kappa shape index (κ1) is 14.6. The lowest BCUT2D eigenvalue weighted by Gasteiger charge is -2.27. The number of hydrogen-bond donors (Lipinski definition) is 2. The Kier molecular flexibility index (Phi) is 6.82. The standard InChI is InChI=1S/C13H28N2/c1-6-11(2)12(15-10-9-14)7-8-13(3,4)5/h9,11-12,14-15H,6-8,10H2,1-5H3/p+1/t11?,12-/m0/s1. The number of nitrogens with one attached hydrogen (secondary N) is 1. The molecule has 0 fully saturated rings. The van der Waals surface area contributed by atoms with Gasteiger partial charge < -0.3 is 5.32 Å². The molecule has 0 aromatic rings. The van der Waals surface area contributed by atoms with Gasteiger partial charge in [0.15, 0.2) is 0 Å². The van der Waals surface area contributed by atoms with Crippen LogP contribution in [0.15, 0.2) is 0 Å². The summed E-state index contributed by atoms with van der Waals surface area (Å²) < 4.78 is 0. The molecule has 2 heteroatoms. The SMILES string of the molecule is CCC(C)[C@H](CCC(C)(C)C)NCC=[NH2+]. The fraction of sp³-hybridized carbons (Fsp3) is 0.923. The van der Waals surface area contributed by atoms with E-state index in [0.29, 0.717) is 11.5 Å². The Morgan fingerprint density at radius 1 is 1.33 bits per heavy atom. The lowest BCUT2D eigenvalue weighted by molar-refractivity contribution is -0.107. The molecule has 0 heterocycles. The van der Waals surface area contributed by atoms with E-state index >= 15 is 0 Å². The molecule has 0 saturated carbocycles. The van der Waals surface area contributed by atoms with Crippen LogP contribution in [-0.4, -0.2) is 18.8 Å². The van der Waals surface area contributed by atoms with E-state index in [1.54, 1.807) is 6.21 Å². The van der Waals surface area contributed by atoms with E-state index in [1.807, 2.05) is 0 Å². The highest BCUT2D eigenvalue weighted by molar-refractivity contribution is 5.51. The highest BCUT2D eigenvalue weighted by Gasteiger charge is 2.18. The Bertz CT molecular complexity index is 170. The molecule has 0 saturated heterocycles. The quantitative estimate of drug-likeness (QED) is 0.620. The molecule has 1 unspecified atom stereocenters. The second kappa shape index (κ2) is 7.00. The minimum Gasteiger partial charge on any atom is -0.305 e. The minimum absolute atomic E-state index is 0.430. The van der Waals surface area contributed by atoms with E-state index in [2.05, 4.69) is 39.9 Å². The van der Waals surface area contributed by atoms with Gasteiger partial charge in [0, 0.05) is 6.04 Å². The number of nitrogens with two attached hydrogens (primary N) is 1. The third-order valence-electron chi connectivity index (χ3n) is 3.03. The van der Waals surface area contributed by atoms with Crippen molar-refractivity contribution in [2.24, 2.45) is 11.3 Å². The molecule has 0 amide bonds. The van der Waals surface area contributed by atoms with Gasteiger partial charge >= 0.3 is 0 Å². The smallest absolute Gasteiger partial charge is 0.150 e. The van der Waals surface area contributed by atoms with Crippen LogP contribution in [0.2, 0.25) is 0 Å². The Hall–Kier alpha value is -0.370. The molecule has 0 aromatic carbocycles. The fourth-order valence-corrected chi connectivity index (χ4v) is 1.68. The van der Waals surface area contributed by atoms with Crippen molar-refractivity contribution in [3.8, 4) is 0 Å². The van der Waals surface area contributed by atoms with Crippen LogP contribution in [0.4, 0.5) is 0 Å². The van der Waals surface area contributed by atoms with Gasteiger partial charge in [-0.15, -0.1) is 0 Å². The maximum Gasteiger partial charge on any atom is 0.150 e. The fourth-order valence-electron chi connectivity index (χ4n) is 1.68. The average molecular weight is 213 g/mol. The van der Waals surface area contributed by atoms with Crippen LogP contribution in [0.3, 0.4) is 0 Å². The predicted molar refractivity (Wildman–Crippen MR) is 67.9 cm³/mol. The van der Waals surface area contributed by atoms with Gasteiger partial charge in [0.25, 0.3) is 0 Å². The first-order chi connectivity index (χ1) is 6.90. The van der Waals surface area contributed by atoms with Crippen molar-refractivity contribution < 1.29 is 5.41 Å². The van der Waals surface area contributed by atoms with Gasteiger partial charge in [0.1, 0.15) is 6.21 Å². The molecule has 90 valence electrons. The van der Waals surface area contributed by atoms with Crippen molar-refractivity contribution in [1.82, 2.24) is 5.32 Å². The van der Waals surface area contributed by atoms with Crippen LogP contribution in [-0.2, 0) is 0 Å². The van der Waals surface area contributed by atoms with E-state index in [0.717, 1.165) is 12.5 Å². The second-order valence-corrected chi connectivity index (χ2v) is 5.74. The van der Waals surface area contributed by atoms with E-state index in [-0.39, 0.29) is 0 Å². The molecule has 0 radical (unpaired) electrons. The molecule has 2 nitrogen and oxygen atoms in total. The first-order valence-electron chi connectivity index (χ1n) is 6.17. The molecule has 0 aromatic heterocycles. The van der Waals surface area contributed by atoms with Crippen molar-refractivity contribution in [2.75, 3.05) is 6.54 Å². The molecular formula is C13H29N2+. The summed E-state index contributed by atoms with van der Waals surface area (Å²) in [4.78, 5) is 0. The topological polar surface area (TPSA) is 37.6 Å². The van der Waals surface area contributed by atoms with E-state index < -0.39 is 0 Å². The highest BCUT2D eigenvalue weighted by Crippen LogP contribution is 2.24. The van der Waals surface area contributed by atoms with Gasteiger partial charge in [-0.05, 0) is 24.2 Å². The third-order valence-corrected chi connectivity index (χ3v) is 3.03. The van der Waals surface area contributed by atoms with Gasteiger partial charge in [-0.2, -0.15) is 0 Å². The zero-order valence-electron chi connectivity index (χ0n) is 11.1. The normalized spacial score (nSPS) is 16.1. The average Bonchev–Trinajstić information content (AvgIpc) is 2.15. The summed E-state index contributed by atoms with van der Waals surface area (Å²) in [5.41, 5.74) is 0.430. The molecular weight excluding hydrogens is 184 g/mol. The maximum atomic E-state index is 5.41. The van der Waals surface area contributed by atoms with E-state index in [1.165, 1.54) is 19.3 Å². The van der Waals surface area contributed by atoms with Crippen molar-refractivity contribution in [3.63, 3.8) is 0 Å². The van der Waals surface area contributed by atoms with Gasteiger partial charge in [-0.25, -0.2) is 0 Å². The first-order valence-corrected chi connectivity index (χ1v) is 6.17.